The van der Waals surface area contributed by atoms with Crippen LogP contribution in [0.5, 0.6) is 5.75 Å². The smallest absolute Gasteiger partial charge is 0.153 e. The van der Waals surface area contributed by atoms with Gasteiger partial charge in [-0.25, -0.2) is 0 Å². The second-order valence-corrected chi connectivity index (χ2v) is 4.18. The number of carbonyl (C=O) groups is 1. The third-order valence-electron chi connectivity index (χ3n) is 3.03. The fourth-order valence-corrected chi connectivity index (χ4v) is 2.15. The number of carbonyl (C=O) groups excluding carboxylic acids is 1. The summed E-state index contributed by atoms with van der Waals surface area (Å²) in [5.41, 5.74) is 1.83. The van der Waals surface area contributed by atoms with Gasteiger partial charge in [-0.3, -0.25) is 9.69 Å². The Morgan fingerprint density at radius 3 is 2.75 bits per heavy atom. The Morgan fingerprint density at radius 1 is 1.38 bits per heavy atom. The monoisotopic (exact) mass is 219 g/mol. The molecule has 0 aromatic heterocycles. The zero-order valence-electron chi connectivity index (χ0n) is 9.61. The molecule has 1 aliphatic heterocycles. The van der Waals surface area contributed by atoms with Crippen molar-refractivity contribution in [1.29, 1.82) is 0 Å². The van der Waals surface area contributed by atoms with E-state index in [-0.39, 0.29) is 0 Å². The third kappa shape index (κ3) is 2.42. The van der Waals surface area contributed by atoms with Gasteiger partial charge < -0.3 is 4.74 Å². The van der Waals surface area contributed by atoms with Crippen LogP contribution in [0, 0.1) is 0 Å². The first kappa shape index (κ1) is 11.1. The van der Waals surface area contributed by atoms with Crippen LogP contribution < -0.4 is 4.74 Å². The second-order valence-electron chi connectivity index (χ2n) is 4.18. The van der Waals surface area contributed by atoms with Gasteiger partial charge in [0.15, 0.2) is 6.29 Å². The third-order valence-corrected chi connectivity index (χ3v) is 3.03. The summed E-state index contributed by atoms with van der Waals surface area (Å²) in [6.07, 6.45) is 3.42. The van der Waals surface area contributed by atoms with E-state index in [1.54, 1.807) is 7.11 Å². The normalized spacial score (nSPS) is 16.3. The maximum absolute atomic E-state index is 10.8. The SMILES string of the molecule is COc1cc(CN2CCCC2)ccc1C=O. The number of nitrogens with zero attached hydrogens (tertiary/aromatic N) is 1. The molecule has 0 N–H and O–H groups in total. The van der Waals surface area contributed by atoms with Crippen molar-refractivity contribution in [1.82, 2.24) is 4.90 Å². The highest BCUT2D eigenvalue weighted by atomic mass is 16.5. The van der Waals surface area contributed by atoms with Crippen LogP contribution in [0.3, 0.4) is 0 Å². The fourth-order valence-electron chi connectivity index (χ4n) is 2.15. The van der Waals surface area contributed by atoms with Crippen molar-refractivity contribution in [3.63, 3.8) is 0 Å². The molecule has 0 bridgehead atoms. The maximum Gasteiger partial charge on any atom is 0.153 e. The van der Waals surface area contributed by atoms with Crippen molar-refractivity contribution in [3.05, 3.63) is 29.3 Å². The lowest BCUT2D eigenvalue weighted by Crippen LogP contribution is -2.18. The molecule has 0 unspecified atom stereocenters. The van der Waals surface area contributed by atoms with E-state index in [0.717, 1.165) is 12.8 Å². The van der Waals surface area contributed by atoms with Gasteiger partial charge in [-0.15, -0.1) is 0 Å². The lowest BCUT2D eigenvalue weighted by Gasteiger charge is -2.15. The molecule has 1 aromatic carbocycles. The Balaban J connectivity index is 2.12. The molecule has 0 amide bonds. The molecule has 0 radical (unpaired) electrons. The van der Waals surface area contributed by atoms with Crippen molar-refractivity contribution in [2.24, 2.45) is 0 Å². The van der Waals surface area contributed by atoms with Crippen LogP contribution in [0.4, 0.5) is 0 Å². The predicted molar refractivity (Wildman–Crippen MR) is 62.9 cm³/mol. The quantitative estimate of drug-likeness (QED) is 0.726. The molecule has 1 saturated heterocycles. The zero-order chi connectivity index (χ0) is 11.4. The molecule has 0 aliphatic carbocycles. The van der Waals surface area contributed by atoms with Gasteiger partial charge in [0.05, 0.1) is 12.7 Å². The number of methoxy groups -OCH3 is 1. The molecule has 16 heavy (non-hydrogen) atoms. The van der Waals surface area contributed by atoms with Crippen LogP contribution in [0.15, 0.2) is 18.2 Å². The summed E-state index contributed by atoms with van der Waals surface area (Å²) in [5, 5.41) is 0. The average molecular weight is 219 g/mol. The van der Waals surface area contributed by atoms with E-state index in [2.05, 4.69) is 4.90 Å². The minimum Gasteiger partial charge on any atom is -0.496 e. The molecule has 2 rings (SSSR count). The molecule has 3 nitrogen and oxygen atoms in total. The van der Waals surface area contributed by atoms with Crippen LogP contribution in [-0.2, 0) is 6.54 Å². The van der Waals surface area contributed by atoms with Crippen LogP contribution in [0.1, 0.15) is 28.8 Å². The molecule has 0 atom stereocenters. The van der Waals surface area contributed by atoms with Gasteiger partial charge in [-0.05, 0) is 43.6 Å². The van der Waals surface area contributed by atoms with Gasteiger partial charge in [0.2, 0.25) is 0 Å². The molecule has 1 heterocycles. The number of benzene rings is 1. The van der Waals surface area contributed by atoms with Crippen LogP contribution in [-0.4, -0.2) is 31.4 Å². The summed E-state index contributed by atoms with van der Waals surface area (Å²) in [7, 11) is 1.60. The summed E-state index contributed by atoms with van der Waals surface area (Å²) < 4.78 is 5.19. The first-order valence-corrected chi connectivity index (χ1v) is 5.68. The Labute approximate surface area is 96.0 Å². The average Bonchev–Trinajstić information content (AvgIpc) is 2.81. The van der Waals surface area contributed by atoms with E-state index in [1.165, 1.54) is 31.5 Å². The molecular formula is C13H17NO2. The standard InChI is InChI=1S/C13H17NO2/c1-16-13-8-11(4-5-12(13)10-15)9-14-6-2-3-7-14/h4-5,8,10H,2-3,6-7,9H2,1H3. The predicted octanol–water partition coefficient (Wildman–Crippen LogP) is 2.10. The minimum atomic E-state index is 0.618. The van der Waals surface area contributed by atoms with E-state index in [0.29, 0.717) is 11.3 Å². The number of aldehydes is 1. The Morgan fingerprint density at radius 2 is 2.12 bits per heavy atom. The van der Waals surface area contributed by atoms with E-state index in [9.17, 15) is 4.79 Å². The molecule has 1 aromatic rings. The van der Waals surface area contributed by atoms with Gasteiger partial charge in [0, 0.05) is 6.54 Å². The lowest BCUT2D eigenvalue weighted by atomic mass is 10.1. The van der Waals surface area contributed by atoms with Crippen LogP contribution in [0.25, 0.3) is 0 Å². The molecule has 86 valence electrons. The summed E-state index contributed by atoms with van der Waals surface area (Å²) in [6, 6.07) is 5.80. The van der Waals surface area contributed by atoms with Crippen LogP contribution >= 0.6 is 0 Å². The molecular weight excluding hydrogens is 202 g/mol. The van der Waals surface area contributed by atoms with Crippen molar-refractivity contribution in [2.75, 3.05) is 20.2 Å². The van der Waals surface area contributed by atoms with Crippen molar-refractivity contribution < 1.29 is 9.53 Å². The van der Waals surface area contributed by atoms with Crippen LogP contribution in [0.2, 0.25) is 0 Å². The number of ether oxygens (including phenoxy) is 1. The minimum absolute atomic E-state index is 0.618. The van der Waals surface area contributed by atoms with Gasteiger partial charge >= 0.3 is 0 Å². The largest absolute Gasteiger partial charge is 0.496 e. The highest BCUT2D eigenvalue weighted by molar-refractivity contribution is 5.79. The van der Waals surface area contributed by atoms with E-state index < -0.39 is 0 Å². The van der Waals surface area contributed by atoms with Gasteiger partial charge in [-0.2, -0.15) is 0 Å². The summed E-state index contributed by atoms with van der Waals surface area (Å²) in [6.45, 7) is 3.31. The maximum atomic E-state index is 10.8. The van der Waals surface area contributed by atoms with Gasteiger partial charge in [0.1, 0.15) is 5.75 Å². The highest BCUT2D eigenvalue weighted by Crippen LogP contribution is 2.20. The number of rotatable bonds is 4. The Hall–Kier alpha value is -1.35. The number of hydrogen-bond acceptors (Lipinski definition) is 3. The van der Waals surface area contributed by atoms with Crippen molar-refractivity contribution >= 4 is 6.29 Å². The molecule has 0 spiro atoms. The molecule has 0 saturated carbocycles. The zero-order valence-corrected chi connectivity index (χ0v) is 9.61. The van der Waals surface area contributed by atoms with Crippen molar-refractivity contribution in [3.8, 4) is 5.75 Å². The highest BCUT2D eigenvalue weighted by Gasteiger charge is 2.12. The molecule has 3 heteroatoms. The second kappa shape index (κ2) is 5.12. The van der Waals surface area contributed by atoms with Gasteiger partial charge in [0.25, 0.3) is 0 Å². The van der Waals surface area contributed by atoms with E-state index in [1.807, 2.05) is 18.2 Å². The topological polar surface area (TPSA) is 29.5 Å². The van der Waals surface area contributed by atoms with E-state index in [4.69, 9.17) is 4.74 Å². The summed E-state index contributed by atoms with van der Waals surface area (Å²) in [5.74, 6) is 0.673. The first-order chi connectivity index (χ1) is 7.83. The summed E-state index contributed by atoms with van der Waals surface area (Å²) >= 11 is 0. The first-order valence-electron chi connectivity index (χ1n) is 5.68. The Kier molecular flexibility index (Phi) is 3.57. The molecule has 1 fully saturated rings. The fraction of sp³-hybridized carbons (Fsp3) is 0.462. The lowest BCUT2D eigenvalue weighted by molar-refractivity contribution is 0.112. The summed E-state index contributed by atoms with van der Waals surface area (Å²) in [4.78, 5) is 13.2. The number of hydrogen-bond donors (Lipinski definition) is 0. The van der Waals surface area contributed by atoms with Gasteiger partial charge in [-0.1, -0.05) is 6.07 Å². The van der Waals surface area contributed by atoms with E-state index >= 15 is 0 Å². The Bertz CT molecular complexity index is 370. The molecule has 1 aliphatic rings. The van der Waals surface area contributed by atoms with Crippen molar-refractivity contribution in [2.45, 2.75) is 19.4 Å². The number of likely N-dealkylation sites (tertiary alicyclic amines) is 1.